The topological polar surface area (TPSA) is 91.7 Å². The number of carbonyl (C=O) groups excluding carboxylic acids is 1. The van der Waals surface area contributed by atoms with E-state index < -0.39 is 5.97 Å². The molecule has 0 spiro atoms. The van der Waals surface area contributed by atoms with E-state index in [9.17, 15) is 10.1 Å². The molecule has 0 bridgehead atoms. The maximum absolute atomic E-state index is 12.2. The maximum atomic E-state index is 12.2. The lowest BCUT2D eigenvalue weighted by Gasteiger charge is -2.13. The molecule has 0 saturated heterocycles. The first-order valence-corrected chi connectivity index (χ1v) is 11.8. The number of hydrogen-bond donors (Lipinski definition) is 0. The fraction of sp³-hybridized carbons (Fsp3) is 0.333. The van der Waals surface area contributed by atoms with Crippen LogP contribution in [-0.2, 0) is 17.7 Å². The molecule has 0 atom stereocenters. The van der Waals surface area contributed by atoms with Crippen LogP contribution in [0.5, 0.6) is 0 Å². The van der Waals surface area contributed by atoms with Crippen LogP contribution in [0.3, 0.4) is 0 Å². The summed E-state index contributed by atoms with van der Waals surface area (Å²) < 4.78 is 7.17. The lowest BCUT2D eigenvalue weighted by Crippen LogP contribution is -2.10. The van der Waals surface area contributed by atoms with Gasteiger partial charge in [-0.1, -0.05) is 50.9 Å². The Kier molecular flexibility index (Phi) is 9.86. The van der Waals surface area contributed by atoms with E-state index in [0.29, 0.717) is 17.7 Å². The smallest absolute Gasteiger partial charge is 0.341 e. The Labute approximate surface area is 206 Å². The Morgan fingerprint density at radius 2 is 1.82 bits per heavy atom. The first-order chi connectivity index (χ1) is 16.4. The molecule has 0 radical (unpaired) electrons. The van der Waals surface area contributed by atoms with Gasteiger partial charge in [0.2, 0.25) is 0 Å². The number of hydrogen-bond acceptors (Lipinski definition) is 5. The van der Waals surface area contributed by atoms with Gasteiger partial charge in [0.25, 0.3) is 0 Å². The summed E-state index contributed by atoms with van der Waals surface area (Å²) in [6.07, 6.45) is 3.23. The van der Waals surface area contributed by atoms with Crippen LogP contribution in [0.2, 0.25) is 5.15 Å². The molecule has 0 N–H and O–H groups in total. The second-order valence-corrected chi connectivity index (χ2v) is 7.68. The molecule has 0 aliphatic heterocycles. The van der Waals surface area contributed by atoms with E-state index in [1.807, 2.05) is 32.9 Å². The van der Waals surface area contributed by atoms with Crippen LogP contribution >= 0.6 is 11.6 Å². The summed E-state index contributed by atoms with van der Waals surface area (Å²) in [7, 11) is 0. The molecule has 34 heavy (non-hydrogen) atoms. The van der Waals surface area contributed by atoms with Crippen LogP contribution in [0.25, 0.3) is 11.1 Å². The minimum Gasteiger partial charge on any atom is -0.462 e. The Morgan fingerprint density at radius 3 is 2.38 bits per heavy atom. The molecule has 176 valence electrons. The lowest BCUT2D eigenvalue weighted by atomic mass is 9.99. The minimum absolute atomic E-state index is 0.0983. The zero-order valence-electron chi connectivity index (χ0n) is 20.3. The molecule has 0 aliphatic carbocycles. The molecule has 0 amide bonds. The summed E-state index contributed by atoms with van der Waals surface area (Å²) in [6, 6.07) is 13.4. The fourth-order valence-corrected chi connectivity index (χ4v) is 3.99. The molecular weight excluding hydrogens is 448 g/mol. The number of pyridine rings is 1. The summed E-state index contributed by atoms with van der Waals surface area (Å²) in [6.45, 7) is 10.5. The summed E-state index contributed by atoms with van der Waals surface area (Å²) in [5.41, 5.74) is 5.80. The van der Waals surface area contributed by atoms with Crippen molar-refractivity contribution >= 4 is 17.6 Å². The van der Waals surface area contributed by atoms with Gasteiger partial charge in [0.05, 0.1) is 29.4 Å². The van der Waals surface area contributed by atoms with E-state index in [1.54, 1.807) is 31.3 Å². The number of benzene rings is 1. The number of nitriles is 2. The van der Waals surface area contributed by atoms with Crippen molar-refractivity contribution in [3.05, 3.63) is 75.3 Å². The third-order valence-corrected chi connectivity index (χ3v) is 5.57. The van der Waals surface area contributed by atoms with Crippen LogP contribution in [0.4, 0.5) is 0 Å². The van der Waals surface area contributed by atoms with Gasteiger partial charge in [-0.25, -0.2) is 9.78 Å². The Morgan fingerprint density at radius 1 is 1.15 bits per heavy atom. The number of carbonyl (C=O) groups is 1. The number of esters is 1. The SMILES string of the molecule is CC.CCCc1c(C#N)c(-c2ccc(C#N)cc2)c(C)n1Cc1cnc(Cl)c(C(=O)OCC)c1. The van der Waals surface area contributed by atoms with Gasteiger partial charge < -0.3 is 9.30 Å². The Balaban J connectivity index is 0.00000199. The second-order valence-electron chi connectivity index (χ2n) is 7.32. The Bertz CT molecular complexity index is 1230. The van der Waals surface area contributed by atoms with Crippen molar-refractivity contribution in [2.45, 2.75) is 54.0 Å². The van der Waals surface area contributed by atoms with Gasteiger partial charge in [-0.05, 0) is 49.6 Å². The maximum Gasteiger partial charge on any atom is 0.341 e. The zero-order valence-corrected chi connectivity index (χ0v) is 21.0. The van der Waals surface area contributed by atoms with Crippen molar-refractivity contribution in [2.75, 3.05) is 6.61 Å². The van der Waals surface area contributed by atoms with Crippen molar-refractivity contribution in [2.24, 2.45) is 0 Å². The third kappa shape index (κ3) is 5.65. The highest BCUT2D eigenvalue weighted by Gasteiger charge is 2.22. The van der Waals surface area contributed by atoms with Gasteiger partial charge in [-0.2, -0.15) is 10.5 Å². The van der Waals surface area contributed by atoms with E-state index in [0.717, 1.165) is 40.9 Å². The van der Waals surface area contributed by atoms with Crippen molar-refractivity contribution in [1.29, 1.82) is 10.5 Å². The van der Waals surface area contributed by atoms with E-state index in [-0.39, 0.29) is 17.3 Å². The number of ether oxygens (including phenoxy) is 1. The first-order valence-electron chi connectivity index (χ1n) is 11.4. The van der Waals surface area contributed by atoms with Crippen LogP contribution in [0, 0.1) is 29.6 Å². The van der Waals surface area contributed by atoms with Crippen LogP contribution < -0.4 is 0 Å². The molecule has 3 rings (SSSR count). The molecule has 0 fully saturated rings. The van der Waals surface area contributed by atoms with E-state index in [4.69, 9.17) is 21.6 Å². The van der Waals surface area contributed by atoms with E-state index in [1.165, 1.54) is 0 Å². The summed E-state index contributed by atoms with van der Waals surface area (Å²) in [5.74, 6) is -0.513. The fourth-order valence-electron chi connectivity index (χ4n) is 3.81. The van der Waals surface area contributed by atoms with Gasteiger partial charge >= 0.3 is 5.97 Å². The van der Waals surface area contributed by atoms with Gasteiger partial charge in [-0.3, -0.25) is 0 Å². The normalized spacial score (nSPS) is 10.0. The molecular formula is C27H29ClN4O2. The number of nitrogens with zero attached hydrogens (tertiary/aromatic N) is 4. The molecule has 0 unspecified atom stereocenters. The molecule has 7 heteroatoms. The minimum atomic E-state index is -0.513. The third-order valence-electron chi connectivity index (χ3n) is 5.26. The average Bonchev–Trinajstić information content (AvgIpc) is 3.12. The summed E-state index contributed by atoms with van der Waals surface area (Å²) in [5, 5.41) is 19.2. The average molecular weight is 477 g/mol. The standard InChI is InChI=1S/C25H23ClN4O2.C2H6/c1-4-6-22-21(13-28)23(19-9-7-17(12-27)8-10-19)16(3)30(22)15-18-11-20(24(26)29-14-18)25(31)32-5-2;1-2/h7-11,14H,4-6,15H2,1-3H3;1-2H3. The molecule has 1 aromatic carbocycles. The summed E-state index contributed by atoms with van der Waals surface area (Å²) in [4.78, 5) is 16.4. The number of halogens is 1. The number of aromatic nitrogens is 2. The monoisotopic (exact) mass is 476 g/mol. The first kappa shape index (κ1) is 26.6. The lowest BCUT2D eigenvalue weighted by molar-refractivity contribution is 0.0526. The van der Waals surface area contributed by atoms with Crippen molar-refractivity contribution in [3.63, 3.8) is 0 Å². The van der Waals surface area contributed by atoms with Crippen LogP contribution in [-0.4, -0.2) is 22.1 Å². The Hall–Kier alpha value is -3.61. The van der Waals surface area contributed by atoms with E-state index in [2.05, 4.69) is 28.6 Å². The molecule has 2 heterocycles. The highest BCUT2D eigenvalue weighted by Crippen LogP contribution is 2.34. The van der Waals surface area contributed by atoms with Gasteiger partial charge in [0, 0.05) is 29.7 Å². The molecule has 3 aromatic rings. The molecule has 2 aromatic heterocycles. The van der Waals surface area contributed by atoms with Crippen molar-refractivity contribution < 1.29 is 9.53 Å². The van der Waals surface area contributed by atoms with Crippen molar-refractivity contribution in [1.82, 2.24) is 9.55 Å². The van der Waals surface area contributed by atoms with Crippen LogP contribution in [0.15, 0.2) is 36.5 Å². The highest BCUT2D eigenvalue weighted by atomic mass is 35.5. The molecule has 0 saturated carbocycles. The van der Waals surface area contributed by atoms with Gasteiger partial charge in [0.15, 0.2) is 0 Å². The zero-order chi connectivity index (χ0) is 25.3. The molecule has 0 aliphatic rings. The number of rotatable bonds is 7. The van der Waals surface area contributed by atoms with Gasteiger partial charge in [-0.15, -0.1) is 0 Å². The van der Waals surface area contributed by atoms with Gasteiger partial charge in [0.1, 0.15) is 11.2 Å². The second kappa shape index (κ2) is 12.6. The van der Waals surface area contributed by atoms with E-state index >= 15 is 0 Å². The molecule has 6 nitrogen and oxygen atoms in total. The largest absolute Gasteiger partial charge is 0.462 e. The quantitative estimate of drug-likeness (QED) is 0.288. The van der Waals surface area contributed by atoms with Crippen LogP contribution in [0.1, 0.15) is 72.6 Å². The van der Waals surface area contributed by atoms with Crippen molar-refractivity contribution in [3.8, 4) is 23.3 Å². The highest BCUT2D eigenvalue weighted by molar-refractivity contribution is 6.32. The summed E-state index contributed by atoms with van der Waals surface area (Å²) >= 11 is 6.11. The predicted octanol–water partition coefficient (Wildman–Crippen LogP) is 6.46. The predicted molar refractivity (Wildman–Crippen MR) is 134 cm³/mol.